The maximum atomic E-state index is 13.0. The van der Waals surface area contributed by atoms with E-state index in [2.05, 4.69) is 15.3 Å². The fourth-order valence-electron chi connectivity index (χ4n) is 3.51. The number of fused-ring (bicyclic) bond motifs is 1. The van der Waals surface area contributed by atoms with Crippen molar-refractivity contribution in [3.8, 4) is 5.75 Å². The Labute approximate surface area is 169 Å². The SMILES string of the molecule is Cl.Cl.O=C(C1NCCc2[nH]cnc21)N1CCC(Oc2ccc(F)cc2)CC1. The van der Waals surface area contributed by atoms with Crippen LogP contribution in [0.15, 0.2) is 30.6 Å². The van der Waals surface area contributed by atoms with Gasteiger partial charge in [-0.05, 0) is 24.3 Å². The molecule has 1 saturated heterocycles. The van der Waals surface area contributed by atoms with Gasteiger partial charge in [0.1, 0.15) is 23.7 Å². The zero-order chi connectivity index (χ0) is 17.2. The number of amides is 1. The second kappa shape index (κ2) is 9.39. The molecule has 1 aromatic carbocycles. The fourth-order valence-corrected chi connectivity index (χ4v) is 3.51. The monoisotopic (exact) mass is 416 g/mol. The molecule has 0 saturated carbocycles. The van der Waals surface area contributed by atoms with Crippen LogP contribution in [0.25, 0.3) is 0 Å². The number of nitrogens with zero attached hydrogens (tertiary/aromatic N) is 2. The van der Waals surface area contributed by atoms with E-state index in [1.165, 1.54) is 12.1 Å². The lowest BCUT2D eigenvalue weighted by atomic mass is 10.0. The highest BCUT2D eigenvalue weighted by atomic mass is 35.5. The van der Waals surface area contributed by atoms with Gasteiger partial charge in [-0.25, -0.2) is 9.37 Å². The smallest absolute Gasteiger partial charge is 0.246 e. The van der Waals surface area contributed by atoms with Gasteiger partial charge in [0.25, 0.3) is 0 Å². The molecule has 0 radical (unpaired) electrons. The molecule has 2 aromatic rings. The molecule has 0 bridgehead atoms. The lowest BCUT2D eigenvalue weighted by Gasteiger charge is -2.35. The summed E-state index contributed by atoms with van der Waals surface area (Å²) in [6.45, 7) is 2.08. The van der Waals surface area contributed by atoms with Gasteiger partial charge in [-0.3, -0.25) is 4.79 Å². The number of halogens is 3. The molecule has 27 heavy (non-hydrogen) atoms. The Morgan fingerprint density at radius 1 is 1.19 bits per heavy atom. The minimum Gasteiger partial charge on any atom is -0.490 e. The molecule has 1 aromatic heterocycles. The predicted octanol–water partition coefficient (Wildman–Crippen LogP) is 2.65. The van der Waals surface area contributed by atoms with Crippen LogP contribution in [0.1, 0.15) is 30.3 Å². The molecule has 4 rings (SSSR count). The van der Waals surface area contributed by atoms with Gasteiger partial charge in [0.15, 0.2) is 0 Å². The van der Waals surface area contributed by atoms with Crippen molar-refractivity contribution >= 4 is 30.7 Å². The van der Waals surface area contributed by atoms with Gasteiger partial charge >= 0.3 is 0 Å². The second-order valence-electron chi connectivity index (χ2n) is 6.50. The minimum atomic E-state index is -0.357. The van der Waals surface area contributed by atoms with Crippen molar-refractivity contribution in [2.75, 3.05) is 19.6 Å². The number of likely N-dealkylation sites (tertiary alicyclic amines) is 1. The highest BCUT2D eigenvalue weighted by molar-refractivity contribution is 5.85. The van der Waals surface area contributed by atoms with Crippen molar-refractivity contribution in [2.24, 2.45) is 0 Å². The molecule has 0 aliphatic carbocycles. The van der Waals surface area contributed by atoms with Crippen LogP contribution < -0.4 is 10.1 Å². The van der Waals surface area contributed by atoms with Crippen LogP contribution in [0.3, 0.4) is 0 Å². The van der Waals surface area contributed by atoms with E-state index >= 15 is 0 Å². The summed E-state index contributed by atoms with van der Waals surface area (Å²) in [7, 11) is 0. The number of benzene rings is 1. The average Bonchev–Trinajstić information content (AvgIpc) is 3.12. The van der Waals surface area contributed by atoms with Crippen molar-refractivity contribution in [3.63, 3.8) is 0 Å². The molecule has 2 aliphatic heterocycles. The molecule has 3 heterocycles. The molecule has 9 heteroatoms. The predicted molar refractivity (Wildman–Crippen MR) is 104 cm³/mol. The average molecular weight is 417 g/mol. The third-order valence-corrected chi connectivity index (χ3v) is 4.87. The quantitative estimate of drug-likeness (QED) is 0.806. The first-order chi connectivity index (χ1) is 12.2. The zero-order valence-corrected chi connectivity index (χ0v) is 16.3. The number of H-pyrrole nitrogens is 1. The second-order valence-corrected chi connectivity index (χ2v) is 6.50. The third-order valence-electron chi connectivity index (χ3n) is 4.87. The highest BCUT2D eigenvalue weighted by Crippen LogP contribution is 2.24. The molecule has 2 N–H and O–H groups in total. The van der Waals surface area contributed by atoms with E-state index in [0.29, 0.717) is 18.8 Å². The van der Waals surface area contributed by atoms with Crippen molar-refractivity contribution < 1.29 is 13.9 Å². The number of imidazole rings is 1. The highest BCUT2D eigenvalue weighted by Gasteiger charge is 2.33. The summed E-state index contributed by atoms with van der Waals surface area (Å²) in [6.07, 6.45) is 4.11. The number of nitrogens with one attached hydrogen (secondary N) is 2. The number of aromatic amines is 1. The van der Waals surface area contributed by atoms with Crippen LogP contribution in [0.5, 0.6) is 5.75 Å². The van der Waals surface area contributed by atoms with E-state index in [1.807, 2.05) is 4.90 Å². The maximum Gasteiger partial charge on any atom is 0.246 e. The van der Waals surface area contributed by atoms with E-state index in [9.17, 15) is 9.18 Å². The number of piperidine rings is 1. The number of carbonyl (C=O) groups excluding carboxylic acids is 1. The molecule has 1 unspecified atom stereocenters. The Balaban J connectivity index is 0.00000131. The van der Waals surface area contributed by atoms with Gasteiger partial charge in [0, 0.05) is 44.6 Å². The fraction of sp³-hybridized carbons (Fsp3) is 0.444. The first-order valence-corrected chi connectivity index (χ1v) is 8.67. The Morgan fingerprint density at radius 2 is 1.89 bits per heavy atom. The molecular weight excluding hydrogens is 394 g/mol. The largest absolute Gasteiger partial charge is 0.490 e. The Bertz CT molecular complexity index is 748. The number of hydrogen-bond donors (Lipinski definition) is 2. The molecule has 1 atom stereocenters. The van der Waals surface area contributed by atoms with E-state index in [-0.39, 0.29) is 48.7 Å². The third kappa shape index (κ3) is 4.72. The Kier molecular flexibility index (Phi) is 7.47. The van der Waals surface area contributed by atoms with Gasteiger partial charge in [0.2, 0.25) is 5.91 Å². The van der Waals surface area contributed by atoms with Gasteiger partial charge in [-0.1, -0.05) is 0 Å². The summed E-state index contributed by atoms with van der Waals surface area (Å²) in [5.74, 6) is 0.472. The molecule has 2 aliphatic rings. The van der Waals surface area contributed by atoms with E-state index < -0.39 is 0 Å². The summed E-state index contributed by atoms with van der Waals surface area (Å²) in [6, 6.07) is 5.70. The maximum absolute atomic E-state index is 13.0. The van der Waals surface area contributed by atoms with E-state index in [0.717, 1.165) is 37.2 Å². The first-order valence-electron chi connectivity index (χ1n) is 8.67. The number of hydrogen-bond acceptors (Lipinski definition) is 4. The van der Waals surface area contributed by atoms with Gasteiger partial charge < -0.3 is 19.9 Å². The van der Waals surface area contributed by atoms with Gasteiger partial charge in [-0.2, -0.15) is 0 Å². The zero-order valence-electron chi connectivity index (χ0n) is 14.7. The lowest BCUT2D eigenvalue weighted by Crippen LogP contribution is -2.48. The van der Waals surface area contributed by atoms with Crippen molar-refractivity contribution in [3.05, 3.63) is 47.8 Å². The number of rotatable bonds is 3. The standard InChI is InChI=1S/C18H21FN4O2.2ClH/c19-12-1-3-13(4-2-12)25-14-6-9-23(10-7-14)18(24)17-16-15(5-8-20-17)21-11-22-16;;/h1-4,11,14,17,20H,5-10H2,(H,21,22);2*1H. The summed E-state index contributed by atoms with van der Waals surface area (Å²) >= 11 is 0. The summed E-state index contributed by atoms with van der Waals surface area (Å²) in [4.78, 5) is 22.2. The van der Waals surface area contributed by atoms with Gasteiger partial charge in [0.05, 0.1) is 12.0 Å². The minimum absolute atomic E-state index is 0. The van der Waals surface area contributed by atoms with Gasteiger partial charge in [-0.15, -0.1) is 24.8 Å². The summed E-state index contributed by atoms with van der Waals surface area (Å²) in [5.41, 5.74) is 1.87. The van der Waals surface area contributed by atoms with Crippen LogP contribution >= 0.6 is 24.8 Å². The van der Waals surface area contributed by atoms with Crippen LogP contribution in [0.2, 0.25) is 0 Å². The number of ether oxygens (including phenoxy) is 1. The van der Waals surface area contributed by atoms with Crippen LogP contribution in [0, 0.1) is 5.82 Å². The van der Waals surface area contributed by atoms with Crippen molar-refractivity contribution in [2.45, 2.75) is 31.4 Å². The summed E-state index contributed by atoms with van der Waals surface area (Å²) < 4.78 is 18.8. The number of aromatic nitrogens is 2. The molecule has 1 fully saturated rings. The molecular formula is C18H23Cl2FN4O2. The Morgan fingerprint density at radius 3 is 2.59 bits per heavy atom. The molecule has 0 spiro atoms. The molecule has 6 nitrogen and oxygen atoms in total. The summed E-state index contributed by atoms with van der Waals surface area (Å²) in [5, 5.41) is 3.27. The van der Waals surface area contributed by atoms with E-state index in [4.69, 9.17) is 4.74 Å². The van der Waals surface area contributed by atoms with Crippen molar-refractivity contribution in [1.82, 2.24) is 20.2 Å². The first kappa shape index (κ1) is 21.5. The normalized spacial score (nSPS) is 19.4. The van der Waals surface area contributed by atoms with Crippen LogP contribution in [-0.4, -0.2) is 46.5 Å². The lowest BCUT2D eigenvalue weighted by molar-refractivity contribution is -0.135. The topological polar surface area (TPSA) is 70.2 Å². The Hall–Kier alpha value is -1.83. The molecule has 1 amide bonds. The van der Waals surface area contributed by atoms with Crippen molar-refractivity contribution in [1.29, 1.82) is 0 Å². The van der Waals surface area contributed by atoms with E-state index in [1.54, 1.807) is 18.5 Å². The van der Waals surface area contributed by atoms with Crippen LogP contribution in [-0.2, 0) is 11.2 Å². The number of carbonyl (C=O) groups is 1. The van der Waals surface area contributed by atoms with Crippen LogP contribution in [0.4, 0.5) is 4.39 Å². The molecule has 148 valence electrons.